The topological polar surface area (TPSA) is 77.1 Å². The molecule has 0 spiro atoms. The third kappa shape index (κ3) is 2.93. The van der Waals surface area contributed by atoms with Gasteiger partial charge in [0.15, 0.2) is 11.5 Å². The van der Waals surface area contributed by atoms with Crippen molar-refractivity contribution < 1.29 is 23.8 Å². The molecule has 0 aromatic heterocycles. The third-order valence-corrected chi connectivity index (χ3v) is 3.91. The number of methoxy groups -OCH3 is 1. The van der Waals surface area contributed by atoms with Crippen LogP contribution in [0.4, 0.5) is 4.79 Å². The van der Waals surface area contributed by atoms with Crippen LogP contribution in [0.15, 0.2) is 18.2 Å². The minimum atomic E-state index is -0.430. The normalized spacial score (nSPS) is 17.2. The molecule has 2 aliphatic heterocycles. The molecule has 0 saturated carbocycles. The Morgan fingerprint density at radius 3 is 2.68 bits per heavy atom. The van der Waals surface area contributed by atoms with Gasteiger partial charge < -0.3 is 24.4 Å². The van der Waals surface area contributed by atoms with Crippen LogP contribution in [0.1, 0.15) is 23.2 Å². The van der Waals surface area contributed by atoms with Crippen LogP contribution in [0.2, 0.25) is 0 Å². The van der Waals surface area contributed by atoms with E-state index in [1.54, 1.807) is 23.1 Å². The van der Waals surface area contributed by atoms with Crippen LogP contribution >= 0.6 is 0 Å². The fourth-order valence-corrected chi connectivity index (χ4v) is 2.66. The smallest absolute Gasteiger partial charge is 0.407 e. The number of hydrogen-bond donors (Lipinski definition) is 1. The van der Waals surface area contributed by atoms with Gasteiger partial charge in [-0.25, -0.2) is 4.79 Å². The molecule has 1 aromatic rings. The summed E-state index contributed by atoms with van der Waals surface area (Å²) in [6.07, 6.45) is 0.997. The Morgan fingerprint density at radius 2 is 1.95 bits per heavy atom. The third-order valence-electron chi connectivity index (χ3n) is 3.91. The highest BCUT2D eigenvalue weighted by molar-refractivity contribution is 5.95. The fourth-order valence-electron chi connectivity index (χ4n) is 2.66. The lowest BCUT2D eigenvalue weighted by atomic mass is 10.0. The van der Waals surface area contributed by atoms with E-state index in [0.29, 0.717) is 43.0 Å². The average molecular weight is 306 g/mol. The first-order valence-electron chi connectivity index (χ1n) is 7.21. The summed E-state index contributed by atoms with van der Waals surface area (Å²) in [7, 11) is 1.34. The Kier molecular flexibility index (Phi) is 4.04. The van der Waals surface area contributed by atoms with Crippen LogP contribution in [-0.2, 0) is 4.74 Å². The molecule has 0 unspecified atom stereocenters. The molecule has 1 saturated heterocycles. The summed E-state index contributed by atoms with van der Waals surface area (Å²) < 4.78 is 15.1. The zero-order chi connectivity index (χ0) is 15.5. The maximum Gasteiger partial charge on any atom is 0.407 e. The van der Waals surface area contributed by atoms with Crippen molar-refractivity contribution in [1.29, 1.82) is 0 Å². The van der Waals surface area contributed by atoms with Gasteiger partial charge in [0, 0.05) is 24.7 Å². The number of amides is 2. The van der Waals surface area contributed by atoms with Gasteiger partial charge in [-0.3, -0.25) is 4.79 Å². The van der Waals surface area contributed by atoms with Gasteiger partial charge in [-0.2, -0.15) is 0 Å². The number of carbonyl (C=O) groups excluding carboxylic acids is 2. The summed E-state index contributed by atoms with van der Waals surface area (Å²) in [5.74, 6) is 1.24. The molecule has 2 amide bonds. The average Bonchev–Trinajstić information content (AvgIpc) is 3.02. The molecular formula is C15H18N2O5. The van der Waals surface area contributed by atoms with E-state index in [2.05, 4.69) is 10.1 Å². The summed E-state index contributed by atoms with van der Waals surface area (Å²) in [5.41, 5.74) is 0.587. The van der Waals surface area contributed by atoms with E-state index in [-0.39, 0.29) is 18.7 Å². The molecule has 118 valence electrons. The summed E-state index contributed by atoms with van der Waals surface area (Å²) in [6.45, 7) is 1.39. The van der Waals surface area contributed by atoms with Crippen molar-refractivity contribution >= 4 is 12.0 Å². The van der Waals surface area contributed by atoms with E-state index in [0.717, 1.165) is 0 Å². The van der Waals surface area contributed by atoms with Gasteiger partial charge in [-0.05, 0) is 31.0 Å². The number of fused-ring (bicyclic) bond motifs is 1. The first-order chi connectivity index (χ1) is 10.7. The predicted molar refractivity (Wildman–Crippen MR) is 77.0 cm³/mol. The predicted octanol–water partition coefficient (Wildman–Crippen LogP) is 1.38. The standard InChI is InChI=1S/C15H18N2O5/c1-20-15(19)16-11-4-6-17(7-5-11)14(18)10-2-3-12-13(8-10)22-9-21-12/h2-3,8,11H,4-7,9H2,1H3,(H,16,19). The van der Waals surface area contributed by atoms with E-state index in [1.165, 1.54) is 7.11 Å². The van der Waals surface area contributed by atoms with Crippen molar-refractivity contribution in [3.63, 3.8) is 0 Å². The van der Waals surface area contributed by atoms with Gasteiger partial charge in [-0.15, -0.1) is 0 Å². The highest BCUT2D eigenvalue weighted by atomic mass is 16.7. The molecule has 1 aromatic carbocycles. The summed E-state index contributed by atoms with van der Waals surface area (Å²) in [4.78, 5) is 25.5. The van der Waals surface area contributed by atoms with E-state index in [4.69, 9.17) is 9.47 Å². The van der Waals surface area contributed by atoms with E-state index >= 15 is 0 Å². The molecule has 7 heteroatoms. The van der Waals surface area contributed by atoms with Gasteiger partial charge in [0.2, 0.25) is 6.79 Å². The van der Waals surface area contributed by atoms with Crippen LogP contribution in [-0.4, -0.2) is 49.9 Å². The molecule has 0 bridgehead atoms. The molecular weight excluding hydrogens is 288 g/mol. The molecule has 0 atom stereocenters. The van der Waals surface area contributed by atoms with Gasteiger partial charge in [0.25, 0.3) is 5.91 Å². The second kappa shape index (κ2) is 6.13. The van der Waals surface area contributed by atoms with Crippen LogP contribution in [0.3, 0.4) is 0 Å². The lowest BCUT2D eigenvalue weighted by Gasteiger charge is -2.32. The number of benzene rings is 1. The molecule has 3 rings (SSSR count). The fraction of sp³-hybridized carbons (Fsp3) is 0.467. The largest absolute Gasteiger partial charge is 0.454 e. The molecule has 22 heavy (non-hydrogen) atoms. The van der Waals surface area contributed by atoms with Crippen molar-refractivity contribution in [2.24, 2.45) is 0 Å². The van der Waals surface area contributed by atoms with Crippen molar-refractivity contribution in [3.05, 3.63) is 23.8 Å². The molecule has 2 aliphatic rings. The first-order valence-corrected chi connectivity index (χ1v) is 7.21. The minimum absolute atomic E-state index is 0.0326. The van der Waals surface area contributed by atoms with Crippen molar-refractivity contribution in [2.45, 2.75) is 18.9 Å². The number of nitrogens with one attached hydrogen (secondary N) is 1. The van der Waals surface area contributed by atoms with Gasteiger partial charge in [0.05, 0.1) is 7.11 Å². The Morgan fingerprint density at radius 1 is 1.23 bits per heavy atom. The summed E-state index contributed by atoms with van der Waals surface area (Å²) in [5, 5.41) is 2.77. The number of ether oxygens (including phenoxy) is 3. The Balaban J connectivity index is 1.59. The quantitative estimate of drug-likeness (QED) is 0.893. The Labute approximate surface area is 128 Å². The lowest BCUT2D eigenvalue weighted by molar-refractivity contribution is 0.0703. The summed E-state index contributed by atoms with van der Waals surface area (Å²) >= 11 is 0. The van der Waals surface area contributed by atoms with Crippen LogP contribution < -0.4 is 14.8 Å². The number of piperidine rings is 1. The van der Waals surface area contributed by atoms with Crippen LogP contribution in [0.25, 0.3) is 0 Å². The molecule has 1 fully saturated rings. The van der Waals surface area contributed by atoms with E-state index < -0.39 is 6.09 Å². The molecule has 7 nitrogen and oxygen atoms in total. The number of carbonyl (C=O) groups is 2. The zero-order valence-electron chi connectivity index (χ0n) is 12.3. The van der Waals surface area contributed by atoms with Gasteiger partial charge >= 0.3 is 6.09 Å². The zero-order valence-corrected chi connectivity index (χ0v) is 12.3. The second-order valence-electron chi connectivity index (χ2n) is 5.27. The molecule has 0 aliphatic carbocycles. The maximum atomic E-state index is 12.5. The second-order valence-corrected chi connectivity index (χ2v) is 5.27. The van der Waals surface area contributed by atoms with Crippen LogP contribution in [0.5, 0.6) is 11.5 Å². The number of likely N-dealkylation sites (tertiary alicyclic amines) is 1. The lowest BCUT2D eigenvalue weighted by Crippen LogP contribution is -2.46. The maximum absolute atomic E-state index is 12.5. The number of nitrogens with zero attached hydrogens (tertiary/aromatic N) is 1. The summed E-state index contributed by atoms with van der Waals surface area (Å²) in [6, 6.07) is 5.26. The SMILES string of the molecule is COC(=O)NC1CCN(C(=O)c2ccc3c(c2)OCO3)CC1. The van der Waals surface area contributed by atoms with Crippen LogP contribution in [0, 0.1) is 0 Å². The van der Waals surface area contributed by atoms with Gasteiger partial charge in [-0.1, -0.05) is 0 Å². The van der Waals surface area contributed by atoms with Crippen molar-refractivity contribution in [2.75, 3.05) is 27.0 Å². The highest BCUT2D eigenvalue weighted by Gasteiger charge is 2.26. The van der Waals surface area contributed by atoms with E-state index in [9.17, 15) is 9.59 Å². The number of alkyl carbamates (subject to hydrolysis) is 1. The van der Waals surface area contributed by atoms with Crippen molar-refractivity contribution in [3.8, 4) is 11.5 Å². The first kappa shape index (κ1) is 14.5. The monoisotopic (exact) mass is 306 g/mol. The van der Waals surface area contributed by atoms with E-state index in [1.807, 2.05) is 0 Å². The number of rotatable bonds is 2. The Bertz CT molecular complexity index is 581. The Hall–Kier alpha value is -2.44. The minimum Gasteiger partial charge on any atom is -0.454 e. The molecule has 0 radical (unpaired) electrons. The molecule has 2 heterocycles. The van der Waals surface area contributed by atoms with Gasteiger partial charge in [0.1, 0.15) is 0 Å². The number of hydrogen-bond acceptors (Lipinski definition) is 5. The van der Waals surface area contributed by atoms with Crippen molar-refractivity contribution in [1.82, 2.24) is 10.2 Å². The highest BCUT2D eigenvalue weighted by Crippen LogP contribution is 2.33. The molecule has 1 N–H and O–H groups in total.